The van der Waals surface area contributed by atoms with Crippen molar-refractivity contribution in [2.24, 2.45) is 0 Å². The van der Waals surface area contributed by atoms with Gasteiger partial charge in [0.1, 0.15) is 5.82 Å². The molecule has 0 saturated heterocycles. The number of benzene rings is 1. The lowest BCUT2D eigenvalue weighted by molar-refractivity contribution is -0.384. The molecule has 0 radical (unpaired) electrons. The van der Waals surface area contributed by atoms with Gasteiger partial charge >= 0.3 is 0 Å². The maximum absolute atomic E-state index is 13.4. The number of furan rings is 1. The van der Waals surface area contributed by atoms with Crippen molar-refractivity contribution in [2.75, 3.05) is 5.32 Å². The summed E-state index contributed by atoms with van der Waals surface area (Å²) in [5.74, 6) is -1.52. The smallest absolute Gasteiger partial charge is 0.291 e. The van der Waals surface area contributed by atoms with E-state index in [4.69, 9.17) is 4.42 Å². The van der Waals surface area contributed by atoms with Crippen molar-refractivity contribution < 1.29 is 18.5 Å². The fourth-order valence-electron chi connectivity index (χ4n) is 1.34. The average Bonchev–Trinajstić information content (AvgIpc) is 2.78. The first kappa shape index (κ1) is 13.2. The zero-order valence-corrected chi connectivity index (χ0v) is 10.8. The molecule has 6 nitrogen and oxygen atoms in total. The quantitative estimate of drug-likeness (QED) is 0.691. The molecule has 0 saturated carbocycles. The summed E-state index contributed by atoms with van der Waals surface area (Å²) in [5.41, 5.74) is -0.607. The molecule has 1 N–H and O–H groups in total. The second kappa shape index (κ2) is 5.19. The first-order valence-electron chi connectivity index (χ1n) is 4.98. The molecule has 2 rings (SSSR count). The van der Waals surface area contributed by atoms with Crippen LogP contribution in [0.3, 0.4) is 0 Å². The number of carbonyl (C=O) groups excluding carboxylic acids is 1. The number of halogens is 2. The van der Waals surface area contributed by atoms with Crippen LogP contribution >= 0.6 is 15.9 Å². The molecule has 98 valence electrons. The first-order valence-corrected chi connectivity index (χ1v) is 5.77. The van der Waals surface area contributed by atoms with Gasteiger partial charge in [-0.3, -0.25) is 14.9 Å². The number of nitro benzene ring substituents is 1. The summed E-state index contributed by atoms with van der Waals surface area (Å²) in [5, 5.41) is 12.8. The summed E-state index contributed by atoms with van der Waals surface area (Å²) in [6.07, 6.45) is 0. The van der Waals surface area contributed by atoms with Crippen LogP contribution in [0.25, 0.3) is 0 Å². The van der Waals surface area contributed by atoms with Crippen molar-refractivity contribution in [3.63, 3.8) is 0 Å². The lowest BCUT2D eigenvalue weighted by Gasteiger charge is -2.04. The number of nitro groups is 1. The molecule has 0 unspecified atom stereocenters. The van der Waals surface area contributed by atoms with Crippen molar-refractivity contribution in [1.29, 1.82) is 0 Å². The number of anilines is 1. The first-order chi connectivity index (χ1) is 8.97. The predicted octanol–water partition coefficient (Wildman–Crippen LogP) is 3.34. The Kier molecular flexibility index (Phi) is 3.61. The Labute approximate surface area is 114 Å². The number of hydrogen-bond donors (Lipinski definition) is 1. The highest BCUT2D eigenvalue weighted by Gasteiger charge is 2.16. The molecule has 2 aromatic rings. The highest BCUT2D eigenvalue weighted by atomic mass is 79.9. The third-order valence-electron chi connectivity index (χ3n) is 2.21. The van der Waals surface area contributed by atoms with Gasteiger partial charge in [-0.05, 0) is 34.1 Å². The van der Waals surface area contributed by atoms with Crippen molar-refractivity contribution in [2.45, 2.75) is 0 Å². The van der Waals surface area contributed by atoms with E-state index in [0.29, 0.717) is 4.67 Å². The number of non-ortho nitro benzene ring substituents is 1. The van der Waals surface area contributed by atoms with Gasteiger partial charge < -0.3 is 9.73 Å². The van der Waals surface area contributed by atoms with Crippen LogP contribution in [0.4, 0.5) is 15.8 Å². The Balaban J connectivity index is 2.25. The van der Waals surface area contributed by atoms with Crippen LogP contribution in [-0.2, 0) is 0 Å². The lowest BCUT2D eigenvalue weighted by atomic mass is 10.2. The van der Waals surface area contributed by atoms with E-state index in [0.717, 1.165) is 18.2 Å². The van der Waals surface area contributed by atoms with Crippen LogP contribution in [0.2, 0.25) is 0 Å². The molecule has 0 aliphatic carbocycles. The fourth-order valence-corrected chi connectivity index (χ4v) is 1.65. The molecule has 0 aliphatic heterocycles. The Morgan fingerprint density at radius 2 is 2.11 bits per heavy atom. The monoisotopic (exact) mass is 328 g/mol. The van der Waals surface area contributed by atoms with Crippen molar-refractivity contribution >= 4 is 33.2 Å². The third kappa shape index (κ3) is 2.97. The number of nitrogens with zero attached hydrogens (tertiary/aromatic N) is 1. The van der Waals surface area contributed by atoms with Crippen LogP contribution in [0, 0.1) is 15.9 Å². The minimum atomic E-state index is -0.774. The summed E-state index contributed by atoms with van der Waals surface area (Å²) in [7, 11) is 0. The topological polar surface area (TPSA) is 85.4 Å². The van der Waals surface area contributed by atoms with Gasteiger partial charge in [0, 0.05) is 12.1 Å². The molecule has 0 fully saturated rings. The van der Waals surface area contributed by atoms with Crippen LogP contribution in [0.15, 0.2) is 39.4 Å². The van der Waals surface area contributed by atoms with Crippen molar-refractivity contribution in [3.05, 3.63) is 56.7 Å². The molecule has 0 spiro atoms. The number of amides is 1. The summed E-state index contributed by atoms with van der Waals surface area (Å²) in [4.78, 5) is 21.6. The SMILES string of the molecule is O=C(Nc1cc([N+](=O)[O-])ccc1F)c1ccc(Br)o1. The predicted molar refractivity (Wildman–Crippen MR) is 67.4 cm³/mol. The van der Waals surface area contributed by atoms with Gasteiger partial charge in [0.25, 0.3) is 11.6 Å². The largest absolute Gasteiger partial charge is 0.444 e. The van der Waals surface area contributed by atoms with E-state index < -0.39 is 16.6 Å². The Hall–Kier alpha value is -2.22. The molecule has 1 heterocycles. The van der Waals surface area contributed by atoms with Crippen LogP contribution in [0.5, 0.6) is 0 Å². The van der Waals surface area contributed by atoms with E-state index in [9.17, 15) is 19.3 Å². The molecule has 0 aliphatic rings. The lowest BCUT2D eigenvalue weighted by Crippen LogP contribution is -2.12. The van der Waals surface area contributed by atoms with Gasteiger partial charge in [-0.1, -0.05) is 0 Å². The Morgan fingerprint density at radius 3 is 2.68 bits per heavy atom. The second-order valence-electron chi connectivity index (χ2n) is 3.48. The molecule has 8 heteroatoms. The summed E-state index contributed by atoms with van der Waals surface area (Å²) >= 11 is 3.02. The Morgan fingerprint density at radius 1 is 1.37 bits per heavy atom. The average molecular weight is 329 g/mol. The zero-order valence-electron chi connectivity index (χ0n) is 9.22. The molecule has 0 bridgehead atoms. The fraction of sp³-hybridized carbons (Fsp3) is 0. The molecule has 1 aromatic carbocycles. The van der Waals surface area contributed by atoms with Crippen LogP contribution in [0.1, 0.15) is 10.6 Å². The summed E-state index contributed by atoms with van der Waals surface area (Å²) < 4.78 is 18.8. The Bertz CT molecular complexity index is 656. The zero-order chi connectivity index (χ0) is 14.0. The standard InChI is InChI=1S/C11H6BrFN2O4/c12-10-4-3-9(19-10)11(16)14-8-5-6(15(17)18)1-2-7(8)13/h1-5H,(H,14,16). The van der Waals surface area contributed by atoms with Gasteiger partial charge in [0.05, 0.1) is 10.6 Å². The summed E-state index contributed by atoms with van der Waals surface area (Å²) in [6.45, 7) is 0. The second-order valence-corrected chi connectivity index (χ2v) is 4.26. The number of nitrogens with one attached hydrogen (secondary N) is 1. The van der Waals surface area contributed by atoms with Crippen LogP contribution in [-0.4, -0.2) is 10.8 Å². The van der Waals surface area contributed by atoms with Gasteiger partial charge in [-0.15, -0.1) is 0 Å². The molecular weight excluding hydrogens is 323 g/mol. The molecule has 19 heavy (non-hydrogen) atoms. The molecular formula is C11H6BrFN2O4. The van der Waals surface area contributed by atoms with E-state index in [2.05, 4.69) is 21.2 Å². The minimum absolute atomic E-state index is 0.0437. The maximum Gasteiger partial charge on any atom is 0.291 e. The van der Waals surface area contributed by atoms with Gasteiger partial charge in [0.15, 0.2) is 10.4 Å². The highest BCUT2D eigenvalue weighted by Crippen LogP contribution is 2.22. The van der Waals surface area contributed by atoms with E-state index in [1.165, 1.54) is 12.1 Å². The van der Waals surface area contributed by atoms with E-state index in [1.807, 2.05) is 0 Å². The highest BCUT2D eigenvalue weighted by molar-refractivity contribution is 9.10. The van der Waals surface area contributed by atoms with E-state index in [1.54, 1.807) is 0 Å². The van der Waals surface area contributed by atoms with Crippen LogP contribution < -0.4 is 5.32 Å². The normalized spacial score (nSPS) is 10.2. The minimum Gasteiger partial charge on any atom is -0.444 e. The van der Waals surface area contributed by atoms with Crippen molar-refractivity contribution in [3.8, 4) is 0 Å². The number of rotatable bonds is 3. The molecule has 1 aromatic heterocycles. The number of carbonyl (C=O) groups is 1. The van der Waals surface area contributed by atoms with Gasteiger partial charge in [-0.25, -0.2) is 4.39 Å². The van der Waals surface area contributed by atoms with E-state index in [-0.39, 0.29) is 17.1 Å². The van der Waals surface area contributed by atoms with E-state index >= 15 is 0 Å². The van der Waals surface area contributed by atoms with Crippen molar-refractivity contribution in [1.82, 2.24) is 0 Å². The summed E-state index contributed by atoms with van der Waals surface area (Å²) in [6, 6.07) is 5.73. The van der Waals surface area contributed by atoms with Gasteiger partial charge in [0.2, 0.25) is 0 Å². The number of hydrogen-bond acceptors (Lipinski definition) is 4. The third-order valence-corrected chi connectivity index (χ3v) is 2.63. The van der Waals surface area contributed by atoms with Gasteiger partial charge in [-0.2, -0.15) is 0 Å². The molecule has 1 amide bonds. The maximum atomic E-state index is 13.4. The molecule has 0 atom stereocenters.